The molecule has 1 aliphatic carbocycles. The van der Waals surface area contributed by atoms with Crippen LogP contribution in [0.3, 0.4) is 0 Å². The molecular formula is C40H51N3O5S. The number of hydrogen-bond acceptors (Lipinski definition) is 6. The van der Waals surface area contributed by atoms with Crippen molar-refractivity contribution in [2.75, 3.05) is 18.1 Å². The monoisotopic (exact) mass is 685 g/mol. The molecule has 1 N–H and O–H groups in total. The Hall–Kier alpha value is -3.69. The quantitative estimate of drug-likeness (QED) is 0.270. The Morgan fingerprint density at radius 2 is 1.88 bits per heavy atom. The van der Waals surface area contributed by atoms with Crippen molar-refractivity contribution in [2.45, 2.75) is 115 Å². The highest BCUT2D eigenvalue weighted by molar-refractivity contribution is 7.89. The first-order valence-electron chi connectivity index (χ1n) is 17.8. The number of aryl methyl sites for hydroxylation is 1. The van der Waals surface area contributed by atoms with Crippen LogP contribution in [-0.4, -0.2) is 49.7 Å². The van der Waals surface area contributed by atoms with Crippen molar-refractivity contribution < 1.29 is 23.1 Å². The van der Waals surface area contributed by atoms with E-state index in [4.69, 9.17) is 4.74 Å². The third-order valence-corrected chi connectivity index (χ3v) is 13.2. The van der Waals surface area contributed by atoms with Gasteiger partial charge in [0.1, 0.15) is 16.7 Å². The van der Waals surface area contributed by atoms with Crippen molar-refractivity contribution in [1.29, 1.82) is 0 Å². The van der Waals surface area contributed by atoms with Crippen LogP contribution in [0.4, 0.5) is 5.69 Å². The van der Waals surface area contributed by atoms with Gasteiger partial charge in [-0.15, -0.1) is 0 Å². The predicted octanol–water partition coefficient (Wildman–Crippen LogP) is 8.58. The standard InChI is InChI=1S/C40H51N3O5S/c1-7-26(2)39-27(3)31-17-19-35(39)42(41-6)22-21-40(4,5)20-10-11-30-25-43(49(46,47)37-13-9-8-12-36(37)48-30)34-18-16-28-14-15-29(23-33(28)34)32(31)24-38(44)45/h8-9,12-15,17,19,23,26,30,32,34H,6-7,10-11,16,18,20-22,24-25H2,1-5H3,(H,44,45). The number of hydrogen-bond donors (Lipinski definition) is 1. The molecule has 4 aliphatic rings. The van der Waals surface area contributed by atoms with Gasteiger partial charge in [0, 0.05) is 19.2 Å². The second-order valence-electron chi connectivity index (χ2n) is 15.0. The molecule has 0 amide bonds. The van der Waals surface area contributed by atoms with Crippen molar-refractivity contribution in [3.8, 4) is 5.75 Å². The minimum Gasteiger partial charge on any atom is -0.488 e. The highest BCUT2D eigenvalue weighted by Gasteiger charge is 2.42. The number of fused-ring (bicyclic) bond motifs is 9. The summed E-state index contributed by atoms with van der Waals surface area (Å²) in [5.41, 5.74) is 7.21. The Morgan fingerprint density at radius 1 is 1.10 bits per heavy atom. The van der Waals surface area contributed by atoms with Gasteiger partial charge in [0.2, 0.25) is 10.0 Å². The normalized spacial score (nSPS) is 25.1. The molecule has 3 aromatic rings. The van der Waals surface area contributed by atoms with Crippen molar-refractivity contribution in [3.05, 3.63) is 88.0 Å². The number of benzene rings is 3. The van der Waals surface area contributed by atoms with Crippen LogP contribution in [0.5, 0.6) is 5.75 Å². The van der Waals surface area contributed by atoms with Crippen LogP contribution in [0.15, 0.2) is 64.6 Å². The molecule has 0 radical (unpaired) electrons. The number of ether oxygens (including phenoxy) is 1. The Balaban J connectivity index is 1.54. The average molecular weight is 686 g/mol. The summed E-state index contributed by atoms with van der Waals surface area (Å²) in [4.78, 5) is 12.7. The van der Waals surface area contributed by atoms with Crippen molar-refractivity contribution in [2.24, 2.45) is 10.5 Å². The van der Waals surface area contributed by atoms with Crippen LogP contribution in [-0.2, 0) is 21.2 Å². The number of hydrazone groups is 1. The number of carboxylic acid groups (broad SMARTS) is 1. The van der Waals surface area contributed by atoms with Gasteiger partial charge in [-0.1, -0.05) is 64.1 Å². The minimum absolute atomic E-state index is 0.00212. The van der Waals surface area contributed by atoms with E-state index in [0.29, 0.717) is 18.7 Å². The molecular weight excluding hydrogens is 635 g/mol. The second kappa shape index (κ2) is 13.9. The van der Waals surface area contributed by atoms with E-state index < -0.39 is 21.9 Å². The Bertz CT molecular complexity index is 1840. The molecule has 6 bridgehead atoms. The maximum absolute atomic E-state index is 14.5. The van der Waals surface area contributed by atoms with Gasteiger partial charge in [-0.25, -0.2) is 8.42 Å². The SMILES string of the molecule is C=NN1CCC(C)(C)CCCC2CN(C3CCc4ccc(cc43)C(CC(=O)O)c3ccc1c(C(C)CC)c3C)S(=O)(=O)c1ccccc1O2. The van der Waals surface area contributed by atoms with Crippen LogP contribution in [0.25, 0.3) is 0 Å². The van der Waals surface area contributed by atoms with Gasteiger partial charge in [0.15, 0.2) is 0 Å². The highest BCUT2D eigenvalue weighted by atomic mass is 32.2. The van der Waals surface area contributed by atoms with Gasteiger partial charge in [0.25, 0.3) is 0 Å². The Morgan fingerprint density at radius 3 is 2.61 bits per heavy atom. The zero-order valence-corrected chi connectivity index (χ0v) is 30.4. The summed E-state index contributed by atoms with van der Waals surface area (Å²) in [5, 5.41) is 16.8. The summed E-state index contributed by atoms with van der Waals surface area (Å²) in [6.07, 6.45) is 5.43. The molecule has 0 spiro atoms. The molecule has 0 saturated carbocycles. The van der Waals surface area contributed by atoms with Crippen LogP contribution in [0.1, 0.15) is 124 Å². The Kier molecular flexibility index (Phi) is 9.97. The second-order valence-corrected chi connectivity index (χ2v) is 16.9. The summed E-state index contributed by atoms with van der Waals surface area (Å²) < 4.78 is 37.1. The fourth-order valence-electron chi connectivity index (χ4n) is 8.31. The smallest absolute Gasteiger partial charge is 0.304 e. The minimum atomic E-state index is -3.88. The number of para-hydroxylation sites is 1. The molecule has 8 nitrogen and oxygen atoms in total. The molecule has 5 atom stereocenters. The molecule has 0 aromatic heterocycles. The molecule has 262 valence electrons. The summed E-state index contributed by atoms with van der Waals surface area (Å²) >= 11 is 0. The fourth-order valence-corrected chi connectivity index (χ4v) is 10.1. The van der Waals surface area contributed by atoms with E-state index in [-0.39, 0.29) is 41.3 Å². The van der Waals surface area contributed by atoms with Crippen molar-refractivity contribution in [3.63, 3.8) is 0 Å². The van der Waals surface area contributed by atoms with Crippen LogP contribution >= 0.6 is 0 Å². The van der Waals surface area contributed by atoms with E-state index >= 15 is 0 Å². The molecule has 3 heterocycles. The largest absolute Gasteiger partial charge is 0.488 e. The lowest BCUT2D eigenvalue weighted by atomic mass is 9.80. The average Bonchev–Trinajstić information content (AvgIpc) is 3.44. The number of anilines is 1. The lowest BCUT2D eigenvalue weighted by Crippen LogP contribution is -2.39. The lowest BCUT2D eigenvalue weighted by molar-refractivity contribution is -0.137. The maximum Gasteiger partial charge on any atom is 0.304 e. The number of aliphatic carboxylic acids is 1. The van der Waals surface area contributed by atoms with E-state index in [0.717, 1.165) is 72.0 Å². The maximum atomic E-state index is 14.5. The molecule has 5 unspecified atom stereocenters. The van der Waals surface area contributed by atoms with Gasteiger partial charge in [0.05, 0.1) is 24.7 Å². The summed E-state index contributed by atoms with van der Waals surface area (Å²) in [6, 6.07) is 17.0. The first-order valence-corrected chi connectivity index (χ1v) is 19.3. The third kappa shape index (κ3) is 6.89. The summed E-state index contributed by atoms with van der Waals surface area (Å²) in [7, 11) is -3.88. The van der Waals surface area contributed by atoms with Crippen LogP contribution in [0.2, 0.25) is 0 Å². The van der Waals surface area contributed by atoms with Crippen molar-refractivity contribution >= 4 is 28.4 Å². The van der Waals surface area contributed by atoms with Crippen LogP contribution < -0.4 is 9.75 Å². The fraction of sp³-hybridized carbons (Fsp3) is 0.500. The van der Waals surface area contributed by atoms with Gasteiger partial charge < -0.3 is 9.84 Å². The zero-order chi connectivity index (χ0) is 35.1. The molecule has 0 saturated heterocycles. The van der Waals surface area contributed by atoms with Gasteiger partial charge in [-0.3, -0.25) is 9.80 Å². The summed E-state index contributed by atoms with van der Waals surface area (Å²) in [5.74, 6) is -0.657. The highest BCUT2D eigenvalue weighted by Crippen LogP contribution is 2.46. The third-order valence-electron chi connectivity index (χ3n) is 11.3. The number of sulfonamides is 1. The first kappa shape index (κ1) is 35.1. The van der Waals surface area contributed by atoms with E-state index in [1.165, 1.54) is 5.56 Å². The van der Waals surface area contributed by atoms with Gasteiger partial charge >= 0.3 is 5.97 Å². The zero-order valence-electron chi connectivity index (χ0n) is 29.6. The molecule has 0 fully saturated rings. The number of nitrogens with zero attached hydrogens (tertiary/aromatic N) is 3. The van der Waals surface area contributed by atoms with Crippen LogP contribution in [0, 0.1) is 12.3 Å². The topological polar surface area (TPSA) is 99.5 Å². The molecule has 7 rings (SSSR count). The molecule has 9 heteroatoms. The molecule has 3 aromatic carbocycles. The van der Waals surface area contributed by atoms with Crippen molar-refractivity contribution in [1.82, 2.24) is 4.31 Å². The van der Waals surface area contributed by atoms with Gasteiger partial charge in [-0.2, -0.15) is 9.41 Å². The number of rotatable bonds is 5. The van der Waals surface area contributed by atoms with Gasteiger partial charge in [-0.05, 0) is 115 Å². The predicted molar refractivity (Wildman–Crippen MR) is 195 cm³/mol. The molecule has 49 heavy (non-hydrogen) atoms. The summed E-state index contributed by atoms with van der Waals surface area (Å²) in [6.45, 7) is 16.0. The van der Waals surface area contributed by atoms with E-state index in [1.54, 1.807) is 22.5 Å². The van der Waals surface area contributed by atoms with E-state index in [9.17, 15) is 18.3 Å². The number of carbonyl (C=O) groups is 1. The number of carboxylic acids is 1. The van der Waals surface area contributed by atoms with E-state index in [2.05, 4.69) is 70.7 Å². The first-order chi connectivity index (χ1) is 23.3. The Labute approximate surface area is 292 Å². The molecule has 3 aliphatic heterocycles. The van der Waals surface area contributed by atoms with E-state index in [1.807, 2.05) is 17.1 Å². The lowest BCUT2D eigenvalue weighted by Gasteiger charge is -2.32.